The molecule has 43 heavy (non-hydrogen) atoms. The highest BCUT2D eigenvalue weighted by Gasteiger charge is 2.31. The van der Waals surface area contributed by atoms with Crippen LogP contribution in [0, 0.1) is 5.92 Å². The Balaban J connectivity index is 1.38. The molecule has 222 valence electrons. The van der Waals surface area contributed by atoms with Gasteiger partial charge in [-0.25, -0.2) is 9.36 Å². The molecule has 0 saturated heterocycles. The van der Waals surface area contributed by atoms with E-state index < -0.39 is 12.6 Å². The van der Waals surface area contributed by atoms with Crippen LogP contribution in [0.25, 0.3) is 22.5 Å². The lowest BCUT2D eigenvalue weighted by Gasteiger charge is -2.34. The number of amides is 2. The number of fused-ring (bicyclic) bond motifs is 4. The van der Waals surface area contributed by atoms with Crippen LogP contribution in [0.2, 0.25) is 10.2 Å². The molecule has 0 saturated carbocycles. The van der Waals surface area contributed by atoms with Gasteiger partial charge >= 0.3 is 6.55 Å². The second-order valence-corrected chi connectivity index (χ2v) is 11.4. The van der Waals surface area contributed by atoms with Crippen LogP contribution in [0.4, 0.5) is 14.5 Å². The molecule has 0 aliphatic carbocycles. The molecule has 14 heteroatoms. The topological polar surface area (TPSA) is 111 Å². The van der Waals surface area contributed by atoms with Crippen molar-refractivity contribution in [2.75, 3.05) is 11.9 Å². The van der Waals surface area contributed by atoms with Gasteiger partial charge in [-0.3, -0.25) is 14.6 Å². The van der Waals surface area contributed by atoms with Gasteiger partial charge in [-0.05, 0) is 55.2 Å². The van der Waals surface area contributed by atoms with Gasteiger partial charge in [0.25, 0.3) is 0 Å². The zero-order valence-electron chi connectivity index (χ0n) is 22.9. The van der Waals surface area contributed by atoms with E-state index in [9.17, 15) is 18.4 Å². The van der Waals surface area contributed by atoms with E-state index in [1.807, 2.05) is 0 Å². The summed E-state index contributed by atoms with van der Waals surface area (Å²) in [5.41, 5.74) is 3.43. The molecule has 6 rings (SSSR count). The van der Waals surface area contributed by atoms with E-state index in [1.165, 1.54) is 17.1 Å². The number of pyridine rings is 1. The summed E-state index contributed by atoms with van der Waals surface area (Å²) >= 11 is 12.3. The molecule has 2 unspecified atom stereocenters. The molecule has 0 radical (unpaired) electrons. The van der Waals surface area contributed by atoms with Crippen molar-refractivity contribution in [3.63, 3.8) is 0 Å². The average Bonchev–Trinajstić information content (AvgIpc) is 3.61. The van der Waals surface area contributed by atoms with Gasteiger partial charge in [0.1, 0.15) is 0 Å². The van der Waals surface area contributed by atoms with Gasteiger partial charge in [0.05, 0.1) is 41.2 Å². The van der Waals surface area contributed by atoms with Crippen LogP contribution in [-0.4, -0.2) is 53.0 Å². The fourth-order valence-electron chi connectivity index (χ4n) is 5.64. The van der Waals surface area contributed by atoms with Crippen molar-refractivity contribution >= 4 is 46.3 Å². The molecule has 5 heterocycles. The zero-order chi connectivity index (χ0) is 30.2. The number of halogens is 4. The van der Waals surface area contributed by atoms with Crippen LogP contribution in [0.3, 0.4) is 0 Å². The Hall–Kier alpha value is -4.16. The predicted octanol–water partition coefficient (Wildman–Crippen LogP) is 6.34. The Morgan fingerprint density at radius 3 is 2.70 bits per heavy atom. The monoisotopic (exact) mass is 626 g/mol. The van der Waals surface area contributed by atoms with Crippen molar-refractivity contribution in [1.82, 2.24) is 34.7 Å². The van der Waals surface area contributed by atoms with Gasteiger partial charge in [-0.15, -0.1) is 5.10 Å². The van der Waals surface area contributed by atoms with Gasteiger partial charge in [-0.1, -0.05) is 41.8 Å². The largest absolute Gasteiger partial charge is 0.333 e. The third-order valence-electron chi connectivity index (χ3n) is 7.79. The summed E-state index contributed by atoms with van der Waals surface area (Å²) in [5.74, 6) is -0.893. The number of anilines is 1. The Morgan fingerprint density at radius 2 is 1.95 bits per heavy atom. The molecule has 3 aromatic heterocycles. The average molecular weight is 627 g/mol. The third kappa shape index (κ3) is 5.76. The zero-order valence-corrected chi connectivity index (χ0v) is 24.4. The van der Waals surface area contributed by atoms with E-state index in [1.54, 1.807) is 54.4 Å². The minimum atomic E-state index is -2.92. The molecule has 2 aliphatic rings. The highest BCUT2D eigenvalue weighted by atomic mass is 35.5. The summed E-state index contributed by atoms with van der Waals surface area (Å²) in [6, 6.07) is 8.13. The molecule has 0 spiro atoms. The molecule has 4 aromatic rings. The van der Waals surface area contributed by atoms with Crippen molar-refractivity contribution in [2.24, 2.45) is 5.92 Å². The number of aromatic nitrogens is 6. The Labute approximate surface area is 255 Å². The summed E-state index contributed by atoms with van der Waals surface area (Å²) in [6.07, 6.45) is 8.13. The first kappa shape index (κ1) is 28.9. The van der Waals surface area contributed by atoms with Crippen LogP contribution in [0.15, 0.2) is 55.0 Å². The fourth-order valence-corrected chi connectivity index (χ4v) is 5.94. The second kappa shape index (κ2) is 11.8. The lowest BCUT2D eigenvalue weighted by Crippen LogP contribution is -2.38. The number of hydrogen-bond donors (Lipinski definition) is 1. The quantitative estimate of drug-likeness (QED) is 0.283. The predicted molar refractivity (Wildman–Crippen MR) is 157 cm³/mol. The van der Waals surface area contributed by atoms with E-state index in [-0.39, 0.29) is 34.3 Å². The first-order chi connectivity index (χ1) is 20.7. The molecular weight excluding hydrogens is 601 g/mol. The van der Waals surface area contributed by atoms with Crippen LogP contribution in [-0.2, 0) is 9.59 Å². The molecule has 1 aromatic carbocycles. The molecule has 10 nitrogen and oxygen atoms in total. The van der Waals surface area contributed by atoms with Gasteiger partial charge in [-0.2, -0.15) is 13.9 Å². The van der Waals surface area contributed by atoms with E-state index in [0.29, 0.717) is 58.9 Å². The van der Waals surface area contributed by atoms with Gasteiger partial charge in [0.2, 0.25) is 11.8 Å². The Morgan fingerprint density at radius 1 is 1.12 bits per heavy atom. The number of benzene rings is 1. The van der Waals surface area contributed by atoms with Crippen LogP contribution in [0.1, 0.15) is 56.5 Å². The maximum absolute atomic E-state index is 13.9. The summed E-state index contributed by atoms with van der Waals surface area (Å²) in [7, 11) is 0. The first-order valence-electron chi connectivity index (χ1n) is 13.7. The van der Waals surface area contributed by atoms with E-state index in [0.717, 1.165) is 11.1 Å². The maximum atomic E-state index is 13.9. The number of hydrogen-bond acceptors (Lipinski definition) is 6. The third-order valence-corrected chi connectivity index (χ3v) is 8.20. The number of rotatable bonds is 4. The molecule has 2 aliphatic heterocycles. The summed E-state index contributed by atoms with van der Waals surface area (Å²) in [6.45, 7) is -0.756. The standard InChI is InChI=1S/C29H26Cl2F2N8O2/c1-16-3-2-4-24(21-11-18(7-9-34-21)27-22(36-28(16)43)14-35-41(27)29(32)33)39-10-8-17(12-26(39)42)20-13-19(30)5-6-23(20)40-15-25(31)37-38-40/h5-7,9,11-16,24,29H,2-4,8,10H2,1H3,(H,36,43). The molecule has 2 atom stereocenters. The normalized spacial score (nSPS) is 19.4. The van der Waals surface area contributed by atoms with Crippen LogP contribution >= 0.6 is 23.2 Å². The molecule has 0 fully saturated rings. The summed E-state index contributed by atoms with van der Waals surface area (Å²) < 4.78 is 30.0. The van der Waals surface area contributed by atoms with Crippen molar-refractivity contribution in [3.8, 4) is 16.9 Å². The first-order valence-corrected chi connectivity index (χ1v) is 14.5. The highest BCUT2D eigenvalue weighted by molar-refractivity contribution is 6.31. The van der Waals surface area contributed by atoms with Crippen LogP contribution in [0.5, 0.6) is 0 Å². The van der Waals surface area contributed by atoms with Crippen LogP contribution < -0.4 is 5.32 Å². The van der Waals surface area contributed by atoms with Crippen molar-refractivity contribution in [3.05, 3.63) is 76.4 Å². The number of alkyl halides is 2. The summed E-state index contributed by atoms with van der Waals surface area (Å²) in [5, 5.41) is 15.2. The van der Waals surface area contributed by atoms with E-state index in [4.69, 9.17) is 23.2 Å². The van der Waals surface area contributed by atoms with Gasteiger partial charge < -0.3 is 10.2 Å². The summed E-state index contributed by atoms with van der Waals surface area (Å²) in [4.78, 5) is 33.0. The SMILES string of the molecule is CC1CCCC(N2CCC(c3cc(Cl)ccc3-n3cc(Cl)nn3)=CC2=O)c2cc(ccn2)-c2c(cnn2C(F)F)NC1=O. The van der Waals surface area contributed by atoms with E-state index >= 15 is 0 Å². The Kier molecular flexibility index (Phi) is 7.97. The molecule has 1 N–H and O–H groups in total. The fraction of sp³-hybridized carbons (Fsp3) is 0.310. The second-order valence-electron chi connectivity index (χ2n) is 10.5. The Bertz CT molecular complexity index is 1740. The molecule has 2 bridgehead atoms. The molecule has 2 amide bonds. The highest BCUT2D eigenvalue weighted by Crippen LogP contribution is 2.38. The minimum absolute atomic E-state index is 0.0763. The van der Waals surface area contributed by atoms with Crippen molar-refractivity contribution in [2.45, 2.75) is 45.2 Å². The van der Waals surface area contributed by atoms with Gasteiger partial charge in [0, 0.05) is 40.9 Å². The van der Waals surface area contributed by atoms with E-state index in [2.05, 4.69) is 25.7 Å². The van der Waals surface area contributed by atoms with Crippen molar-refractivity contribution in [1.29, 1.82) is 0 Å². The molecular formula is C29H26Cl2F2N8O2. The number of nitrogens with zero attached hydrogens (tertiary/aromatic N) is 7. The lowest BCUT2D eigenvalue weighted by molar-refractivity contribution is -0.129. The minimum Gasteiger partial charge on any atom is -0.330 e. The smallest absolute Gasteiger partial charge is 0.330 e. The number of carbonyl (C=O) groups is 2. The number of carbonyl (C=O) groups excluding carboxylic acids is 2. The number of nitrogens with one attached hydrogen (secondary N) is 1. The van der Waals surface area contributed by atoms with Gasteiger partial charge in [0.15, 0.2) is 5.15 Å². The lowest BCUT2D eigenvalue weighted by atomic mass is 9.93. The maximum Gasteiger partial charge on any atom is 0.333 e. The van der Waals surface area contributed by atoms with Crippen molar-refractivity contribution < 1.29 is 18.4 Å².